The summed E-state index contributed by atoms with van der Waals surface area (Å²) in [7, 11) is 1.65. The van der Waals surface area contributed by atoms with Gasteiger partial charge in [0.25, 0.3) is 0 Å². The summed E-state index contributed by atoms with van der Waals surface area (Å²) in [5, 5.41) is 3.38. The molecule has 0 bridgehead atoms. The number of para-hydroxylation sites is 1. The van der Waals surface area contributed by atoms with E-state index in [2.05, 4.69) is 24.1 Å². The molecule has 2 aromatic rings. The van der Waals surface area contributed by atoms with Crippen molar-refractivity contribution in [3.05, 3.63) is 24.1 Å². The Morgan fingerprint density at radius 1 is 1.39 bits per heavy atom. The van der Waals surface area contributed by atoms with Gasteiger partial charge in [0.15, 0.2) is 17.0 Å². The molecule has 1 aromatic carbocycles. The second kappa shape index (κ2) is 5.87. The highest BCUT2D eigenvalue weighted by Gasteiger charge is 2.09. The third-order valence-corrected chi connectivity index (χ3v) is 2.77. The van der Waals surface area contributed by atoms with Gasteiger partial charge in [0.2, 0.25) is 0 Å². The van der Waals surface area contributed by atoms with E-state index in [-0.39, 0.29) is 0 Å². The van der Waals surface area contributed by atoms with E-state index in [1.54, 1.807) is 7.11 Å². The molecule has 1 N–H and O–H groups in total. The minimum atomic E-state index is 0.522. The van der Waals surface area contributed by atoms with E-state index in [1.165, 1.54) is 0 Å². The second-order valence-corrected chi connectivity index (χ2v) is 4.63. The molecule has 0 radical (unpaired) electrons. The van der Waals surface area contributed by atoms with E-state index in [4.69, 9.17) is 9.15 Å². The quantitative estimate of drug-likeness (QED) is 0.798. The monoisotopic (exact) mass is 248 g/mol. The van der Waals surface area contributed by atoms with Crippen molar-refractivity contribution < 1.29 is 9.15 Å². The smallest absolute Gasteiger partial charge is 0.195 e. The van der Waals surface area contributed by atoms with Crippen molar-refractivity contribution in [3.63, 3.8) is 0 Å². The van der Waals surface area contributed by atoms with Crippen LogP contribution in [0.4, 0.5) is 0 Å². The van der Waals surface area contributed by atoms with Crippen LogP contribution in [-0.4, -0.2) is 24.7 Å². The molecule has 98 valence electrons. The predicted octanol–water partition coefficient (Wildman–Crippen LogP) is 2.77. The van der Waals surface area contributed by atoms with E-state index >= 15 is 0 Å². The molecule has 0 aliphatic heterocycles. The first-order chi connectivity index (χ1) is 8.70. The summed E-state index contributed by atoms with van der Waals surface area (Å²) in [6.07, 6.45) is 1.87. The summed E-state index contributed by atoms with van der Waals surface area (Å²) in [6.45, 7) is 5.27. The van der Waals surface area contributed by atoms with Crippen molar-refractivity contribution >= 4 is 11.1 Å². The van der Waals surface area contributed by atoms with Crippen molar-refractivity contribution in [2.75, 3.05) is 13.7 Å². The zero-order valence-corrected chi connectivity index (χ0v) is 11.2. The number of benzene rings is 1. The molecule has 0 spiro atoms. The van der Waals surface area contributed by atoms with Gasteiger partial charge in [-0.3, -0.25) is 0 Å². The maximum absolute atomic E-state index is 5.70. The van der Waals surface area contributed by atoms with Crippen molar-refractivity contribution in [2.45, 2.75) is 32.7 Å². The Morgan fingerprint density at radius 2 is 2.22 bits per heavy atom. The average molecular weight is 248 g/mol. The van der Waals surface area contributed by atoms with Crippen LogP contribution in [0.5, 0.6) is 5.75 Å². The van der Waals surface area contributed by atoms with Gasteiger partial charge in [0.1, 0.15) is 5.75 Å². The molecule has 0 amide bonds. The molecule has 2 rings (SSSR count). The summed E-state index contributed by atoms with van der Waals surface area (Å²) in [5.41, 5.74) is 1.60. The minimum absolute atomic E-state index is 0.522. The summed E-state index contributed by atoms with van der Waals surface area (Å²) in [4.78, 5) is 4.48. The van der Waals surface area contributed by atoms with Gasteiger partial charge in [-0.05, 0) is 25.1 Å². The average Bonchev–Trinajstić information content (AvgIpc) is 2.76. The zero-order chi connectivity index (χ0) is 13.0. The summed E-state index contributed by atoms with van der Waals surface area (Å²) < 4.78 is 11.0. The van der Waals surface area contributed by atoms with Crippen LogP contribution in [0.15, 0.2) is 22.6 Å². The largest absolute Gasteiger partial charge is 0.494 e. The number of methoxy groups -OCH3 is 1. The van der Waals surface area contributed by atoms with Gasteiger partial charge in [-0.15, -0.1) is 0 Å². The molecule has 0 fully saturated rings. The number of aromatic nitrogens is 1. The lowest BCUT2D eigenvalue weighted by Crippen LogP contribution is -2.23. The van der Waals surface area contributed by atoms with Crippen LogP contribution >= 0.6 is 0 Å². The number of nitrogens with zero attached hydrogens (tertiary/aromatic N) is 1. The molecule has 0 unspecified atom stereocenters. The van der Waals surface area contributed by atoms with Crippen LogP contribution in [0.25, 0.3) is 11.1 Å². The molecule has 4 heteroatoms. The zero-order valence-electron chi connectivity index (χ0n) is 11.2. The summed E-state index contributed by atoms with van der Waals surface area (Å²) in [5.74, 6) is 1.54. The highest BCUT2D eigenvalue weighted by molar-refractivity contribution is 5.79. The number of aryl methyl sites for hydroxylation is 1. The topological polar surface area (TPSA) is 47.3 Å². The number of nitrogens with one attached hydrogen (secondary N) is 1. The molecule has 18 heavy (non-hydrogen) atoms. The van der Waals surface area contributed by atoms with E-state index in [0.29, 0.717) is 6.04 Å². The van der Waals surface area contributed by atoms with Crippen LogP contribution in [0.2, 0.25) is 0 Å². The van der Waals surface area contributed by atoms with E-state index in [0.717, 1.165) is 42.1 Å². The van der Waals surface area contributed by atoms with Gasteiger partial charge in [0.05, 0.1) is 7.11 Å². The third kappa shape index (κ3) is 3.01. The first-order valence-corrected chi connectivity index (χ1v) is 6.36. The number of fused-ring (bicyclic) bond motifs is 1. The minimum Gasteiger partial charge on any atom is -0.494 e. The molecule has 0 saturated carbocycles. The van der Waals surface area contributed by atoms with Crippen LogP contribution in [0, 0.1) is 0 Å². The lowest BCUT2D eigenvalue weighted by atomic mass is 10.3. The standard InChI is InChI=1S/C14H20N2O2/c1-10(2)15-9-5-8-13-16-14-11(17-3)6-4-7-12(14)18-13/h4,6-7,10,15H,5,8-9H2,1-3H3. The van der Waals surface area contributed by atoms with Crippen molar-refractivity contribution in [2.24, 2.45) is 0 Å². The van der Waals surface area contributed by atoms with E-state index in [1.807, 2.05) is 18.2 Å². The van der Waals surface area contributed by atoms with Gasteiger partial charge in [-0.1, -0.05) is 19.9 Å². The van der Waals surface area contributed by atoms with Gasteiger partial charge in [-0.25, -0.2) is 4.98 Å². The van der Waals surface area contributed by atoms with Crippen LogP contribution < -0.4 is 10.1 Å². The Balaban J connectivity index is 2.02. The normalized spacial score (nSPS) is 11.3. The molecular weight excluding hydrogens is 228 g/mol. The van der Waals surface area contributed by atoms with Crippen LogP contribution in [0.3, 0.4) is 0 Å². The molecule has 0 saturated heterocycles. The van der Waals surface area contributed by atoms with Gasteiger partial charge < -0.3 is 14.5 Å². The third-order valence-electron chi connectivity index (χ3n) is 2.77. The van der Waals surface area contributed by atoms with Gasteiger partial charge in [-0.2, -0.15) is 0 Å². The fraction of sp³-hybridized carbons (Fsp3) is 0.500. The van der Waals surface area contributed by atoms with Crippen molar-refractivity contribution in [3.8, 4) is 5.75 Å². The molecule has 4 nitrogen and oxygen atoms in total. The van der Waals surface area contributed by atoms with Crippen molar-refractivity contribution in [1.29, 1.82) is 0 Å². The van der Waals surface area contributed by atoms with E-state index in [9.17, 15) is 0 Å². The molecule has 1 heterocycles. The molecule has 0 aliphatic rings. The number of ether oxygens (including phenoxy) is 1. The van der Waals surface area contributed by atoms with Crippen LogP contribution in [0.1, 0.15) is 26.2 Å². The Kier molecular flexibility index (Phi) is 4.20. The Labute approximate surface area is 107 Å². The first kappa shape index (κ1) is 12.9. The molecule has 1 aromatic heterocycles. The van der Waals surface area contributed by atoms with Crippen molar-refractivity contribution in [1.82, 2.24) is 10.3 Å². The second-order valence-electron chi connectivity index (χ2n) is 4.63. The lowest BCUT2D eigenvalue weighted by molar-refractivity contribution is 0.419. The maximum atomic E-state index is 5.70. The number of rotatable bonds is 6. The Bertz CT molecular complexity index is 505. The maximum Gasteiger partial charge on any atom is 0.195 e. The highest BCUT2D eigenvalue weighted by atomic mass is 16.5. The van der Waals surface area contributed by atoms with Crippen LogP contribution in [-0.2, 0) is 6.42 Å². The number of hydrogen-bond donors (Lipinski definition) is 1. The molecule has 0 aliphatic carbocycles. The molecule has 0 atom stereocenters. The predicted molar refractivity (Wildman–Crippen MR) is 72.0 cm³/mol. The highest BCUT2D eigenvalue weighted by Crippen LogP contribution is 2.25. The fourth-order valence-corrected chi connectivity index (χ4v) is 1.87. The lowest BCUT2D eigenvalue weighted by Gasteiger charge is -2.05. The van der Waals surface area contributed by atoms with Gasteiger partial charge >= 0.3 is 0 Å². The number of oxazole rings is 1. The first-order valence-electron chi connectivity index (χ1n) is 6.36. The number of hydrogen-bond acceptors (Lipinski definition) is 4. The molecular formula is C14H20N2O2. The Morgan fingerprint density at radius 3 is 2.94 bits per heavy atom. The Hall–Kier alpha value is -1.55. The SMILES string of the molecule is COc1cccc2oc(CCCNC(C)C)nc12. The summed E-state index contributed by atoms with van der Waals surface area (Å²) >= 11 is 0. The fourth-order valence-electron chi connectivity index (χ4n) is 1.87. The van der Waals surface area contributed by atoms with Gasteiger partial charge in [0, 0.05) is 12.5 Å². The van der Waals surface area contributed by atoms with E-state index < -0.39 is 0 Å². The summed E-state index contributed by atoms with van der Waals surface area (Å²) in [6, 6.07) is 6.25.